The molecule has 0 unspecified atom stereocenters. The zero-order chi connectivity index (χ0) is 20.8. The molecule has 0 bridgehead atoms. The quantitative estimate of drug-likeness (QED) is 0.744. The highest BCUT2D eigenvalue weighted by atomic mass is 32.1. The van der Waals surface area contributed by atoms with Crippen molar-refractivity contribution in [1.29, 1.82) is 0 Å². The summed E-state index contributed by atoms with van der Waals surface area (Å²) in [4.78, 5) is 41.9. The molecule has 0 saturated carbocycles. The molecule has 1 aliphatic heterocycles. The van der Waals surface area contributed by atoms with E-state index in [-0.39, 0.29) is 37.1 Å². The molecule has 2 aromatic rings. The van der Waals surface area contributed by atoms with Crippen LogP contribution in [0, 0.1) is 12.3 Å². The lowest BCUT2D eigenvalue weighted by molar-refractivity contribution is -0.134. The molecule has 6 nitrogen and oxygen atoms in total. The Labute approximate surface area is 174 Å². The van der Waals surface area contributed by atoms with E-state index in [1.165, 1.54) is 22.4 Å². The standard InChI is InChI=1S/C22H23N3O3S/c1-3-16-5-4-6-18(13-16)25(15-20(26)23-2)22(28)8-7-21(27)24-11-9-19-17(14-24)10-12-29-19/h1,4-6,10,12-13H,7-9,11,14-15H2,2H3,(H,23,26). The number of carbonyl (C=O) groups excluding carboxylic acids is 3. The summed E-state index contributed by atoms with van der Waals surface area (Å²) in [6.45, 7) is 1.14. The van der Waals surface area contributed by atoms with Crippen LogP contribution in [-0.2, 0) is 27.3 Å². The van der Waals surface area contributed by atoms with Crippen molar-refractivity contribution in [3.8, 4) is 12.3 Å². The number of thiophene rings is 1. The van der Waals surface area contributed by atoms with Gasteiger partial charge in [-0.2, -0.15) is 0 Å². The molecule has 1 aromatic carbocycles. The van der Waals surface area contributed by atoms with Crippen LogP contribution in [0.25, 0.3) is 0 Å². The molecule has 1 aliphatic rings. The van der Waals surface area contributed by atoms with Gasteiger partial charge >= 0.3 is 0 Å². The van der Waals surface area contributed by atoms with E-state index in [0.717, 1.165) is 6.42 Å². The summed E-state index contributed by atoms with van der Waals surface area (Å²) in [5.74, 6) is 1.90. The van der Waals surface area contributed by atoms with Crippen LogP contribution in [0.5, 0.6) is 0 Å². The van der Waals surface area contributed by atoms with Crippen molar-refractivity contribution >= 4 is 34.7 Å². The van der Waals surface area contributed by atoms with Gasteiger partial charge in [0.05, 0.1) is 0 Å². The molecular formula is C22H23N3O3S. The van der Waals surface area contributed by atoms with Crippen molar-refractivity contribution in [2.24, 2.45) is 0 Å². The lowest BCUT2D eigenvalue weighted by atomic mass is 10.1. The first kappa shape index (κ1) is 20.6. The number of rotatable bonds is 6. The second-order valence-electron chi connectivity index (χ2n) is 6.78. The van der Waals surface area contributed by atoms with Crippen LogP contribution in [0.2, 0.25) is 0 Å². The van der Waals surface area contributed by atoms with Gasteiger partial charge in [0, 0.05) is 49.1 Å². The van der Waals surface area contributed by atoms with E-state index in [1.807, 2.05) is 11.4 Å². The fourth-order valence-corrected chi connectivity index (χ4v) is 4.17. The topological polar surface area (TPSA) is 69.7 Å². The van der Waals surface area contributed by atoms with Crippen LogP contribution in [0.1, 0.15) is 28.8 Å². The third-order valence-electron chi connectivity index (χ3n) is 4.92. The van der Waals surface area contributed by atoms with E-state index < -0.39 is 0 Å². The highest BCUT2D eigenvalue weighted by Crippen LogP contribution is 2.24. The molecular weight excluding hydrogens is 386 g/mol. The van der Waals surface area contributed by atoms with Gasteiger partial charge < -0.3 is 15.1 Å². The number of likely N-dealkylation sites (N-methyl/N-ethyl adjacent to an activating group) is 1. The molecule has 0 aliphatic carbocycles. The van der Waals surface area contributed by atoms with E-state index in [1.54, 1.807) is 40.5 Å². The highest BCUT2D eigenvalue weighted by molar-refractivity contribution is 7.10. The van der Waals surface area contributed by atoms with E-state index in [4.69, 9.17) is 6.42 Å². The maximum Gasteiger partial charge on any atom is 0.239 e. The Kier molecular flexibility index (Phi) is 6.68. The molecule has 0 saturated heterocycles. The molecule has 29 heavy (non-hydrogen) atoms. The first-order valence-corrected chi connectivity index (χ1v) is 10.3. The second-order valence-corrected chi connectivity index (χ2v) is 7.78. The molecule has 0 fully saturated rings. The Morgan fingerprint density at radius 3 is 2.86 bits per heavy atom. The number of carbonyl (C=O) groups is 3. The summed E-state index contributed by atoms with van der Waals surface area (Å²) in [6.07, 6.45) is 6.44. The monoisotopic (exact) mass is 409 g/mol. The Balaban J connectivity index is 1.65. The number of anilines is 1. The van der Waals surface area contributed by atoms with E-state index in [0.29, 0.717) is 24.3 Å². The lowest BCUT2D eigenvalue weighted by Crippen LogP contribution is -2.41. The van der Waals surface area contributed by atoms with Crippen LogP contribution >= 0.6 is 11.3 Å². The summed E-state index contributed by atoms with van der Waals surface area (Å²) in [7, 11) is 1.52. The summed E-state index contributed by atoms with van der Waals surface area (Å²) in [5.41, 5.74) is 2.35. The second kappa shape index (κ2) is 9.39. The maximum absolute atomic E-state index is 12.9. The van der Waals surface area contributed by atoms with Crippen molar-refractivity contribution in [2.45, 2.75) is 25.8 Å². The molecule has 150 valence electrons. The van der Waals surface area contributed by atoms with E-state index in [2.05, 4.69) is 11.2 Å². The van der Waals surface area contributed by atoms with Crippen molar-refractivity contribution in [3.05, 3.63) is 51.7 Å². The van der Waals surface area contributed by atoms with Gasteiger partial charge in [-0.05, 0) is 41.6 Å². The summed E-state index contributed by atoms with van der Waals surface area (Å²) in [6, 6.07) is 8.96. The average Bonchev–Trinajstić information content (AvgIpc) is 3.23. The van der Waals surface area contributed by atoms with Crippen LogP contribution in [0.15, 0.2) is 35.7 Å². The van der Waals surface area contributed by atoms with Crippen molar-refractivity contribution in [1.82, 2.24) is 10.2 Å². The summed E-state index contributed by atoms with van der Waals surface area (Å²) < 4.78 is 0. The molecule has 3 rings (SSSR count). The first-order chi connectivity index (χ1) is 14.0. The molecule has 1 aromatic heterocycles. The highest BCUT2D eigenvalue weighted by Gasteiger charge is 2.24. The number of benzene rings is 1. The third kappa shape index (κ3) is 5.04. The number of nitrogens with zero attached hydrogens (tertiary/aromatic N) is 2. The molecule has 3 amide bonds. The normalized spacial score (nSPS) is 12.6. The van der Waals surface area contributed by atoms with Crippen LogP contribution in [-0.4, -0.2) is 42.8 Å². The number of fused-ring (bicyclic) bond motifs is 1. The van der Waals surface area contributed by atoms with Gasteiger partial charge in [-0.15, -0.1) is 17.8 Å². The lowest BCUT2D eigenvalue weighted by Gasteiger charge is -2.27. The van der Waals surface area contributed by atoms with Gasteiger partial charge in [-0.1, -0.05) is 12.0 Å². The van der Waals surface area contributed by atoms with Crippen molar-refractivity contribution < 1.29 is 14.4 Å². The number of hydrogen-bond acceptors (Lipinski definition) is 4. The summed E-state index contributed by atoms with van der Waals surface area (Å²) >= 11 is 1.72. The molecule has 0 radical (unpaired) electrons. The smallest absolute Gasteiger partial charge is 0.239 e. The van der Waals surface area contributed by atoms with Crippen molar-refractivity contribution in [2.75, 3.05) is 25.0 Å². The SMILES string of the molecule is C#Cc1cccc(N(CC(=O)NC)C(=O)CCC(=O)N2CCc3sccc3C2)c1. The Bertz CT molecular complexity index is 960. The minimum Gasteiger partial charge on any atom is -0.358 e. The van der Waals surface area contributed by atoms with E-state index in [9.17, 15) is 14.4 Å². The third-order valence-corrected chi connectivity index (χ3v) is 5.94. The van der Waals surface area contributed by atoms with Crippen molar-refractivity contribution in [3.63, 3.8) is 0 Å². The number of hydrogen-bond donors (Lipinski definition) is 1. The van der Waals surface area contributed by atoms with Crippen LogP contribution in [0.3, 0.4) is 0 Å². The van der Waals surface area contributed by atoms with Gasteiger partial charge in [0.15, 0.2) is 0 Å². The van der Waals surface area contributed by atoms with Gasteiger partial charge in [-0.25, -0.2) is 0 Å². The number of amides is 3. The molecule has 1 N–H and O–H groups in total. The molecule has 0 spiro atoms. The molecule has 7 heteroatoms. The Hall–Kier alpha value is -3.11. The minimum atomic E-state index is -0.295. The van der Waals surface area contributed by atoms with Gasteiger partial charge in [0.25, 0.3) is 0 Å². The molecule has 2 heterocycles. The number of terminal acetylenes is 1. The Morgan fingerprint density at radius 2 is 2.10 bits per heavy atom. The van der Waals surface area contributed by atoms with Crippen LogP contribution < -0.4 is 10.2 Å². The van der Waals surface area contributed by atoms with Gasteiger partial charge in [0.2, 0.25) is 17.7 Å². The van der Waals surface area contributed by atoms with Crippen LogP contribution in [0.4, 0.5) is 5.69 Å². The minimum absolute atomic E-state index is 0.0309. The molecule has 0 atom stereocenters. The zero-order valence-electron chi connectivity index (χ0n) is 16.3. The largest absolute Gasteiger partial charge is 0.358 e. The average molecular weight is 410 g/mol. The van der Waals surface area contributed by atoms with Gasteiger partial charge in [-0.3, -0.25) is 14.4 Å². The predicted molar refractivity (Wildman–Crippen MR) is 113 cm³/mol. The van der Waals surface area contributed by atoms with Gasteiger partial charge in [0.1, 0.15) is 6.54 Å². The Morgan fingerprint density at radius 1 is 1.28 bits per heavy atom. The maximum atomic E-state index is 12.9. The zero-order valence-corrected chi connectivity index (χ0v) is 17.1. The fraction of sp³-hybridized carbons (Fsp3) is 0.318. The van der Waals surface area contributed by atoms with E-state index >= 15 is 0 Å². The fourth-order valence-electron chi connectivity index (χ4n) is 3.28. The predicted octanol–water partition coefficient (Wildman–Crippen LogP) is 2.17. The summed E-state index contributed by atoms with van der Waals surface area (Å²) in [5, 5.41) is 4.57. The number of nitrogens with one attached hydrogen (secondary N) is 1. The first-order valence-electron chi connectivity index (χ1n) is 9.42.